The molecule has 150 valence electrons. The highest BCUT2D eigenvalue weighted by atomic mass is 32.2. The van der Waals surface area contributed by atoms with E-state index in [1.807, 2.05) is 42.8 Å². The number of thioether (sulfide) groups is 1. The van der Waals surface area contributed by atoms with E-state index in [4.69, 9.17) is 0 Å². The minimum atomic E-state index is -0.372. The normalized spacial score (nSPS) is 18.0. The van der Waals surface area contributed by atoms with E-state index in [2.05, 4.69) is 52.1 Å². The van der Waals surface area contributed by atoms with Crippen molar-refractivity contribution >= 4 is 23.4 Å². The second-order valence-corrected chi connectivity index (χ2v) is 8.24. The van der Waals surface area contributed by atoms with E-state index in [1.54, 1.807) is 0 Å². The van der Waals surface area contributed by atoms with Crippen LogP contribution in [0.15, 0.2) is 53.7 Å². The van der Waals surface area contributed by atoms with Crippen LogP contribution in [0.3, 0.4) is 0 Å². The first kappa shape index (κ1) is 19.5. The molecule has 1 aliphatic rings. The maximum Gasteiger partial charge on any atom is 0.240 e. The third-order valence-corrected chi connectivity index (χ3v) is 6.44. The fraction of sp³-hybridized carbons (Fsp3) is 0.318. The molecular weight excluding hydrogens is 382 g/mol. The Bertz CT molecular complexity index is 1010. The van der Waals surface area contributed by atoms with Gasteiger partial charge in [0.1, 0.15) is 5.25 Å². The number of aryl methyl sites for hydroxylation is 3. The molecule has 0 saturated carbocycles. The maximum absolute atomic E-state index is 13.3. The zero-order chi connectivity index (χ0) is 20.4. The first-order chi connectivity index (χ1) is 14.1. The number of rotatable bonds is 5. The highest BCUT2D eigenvalue weighted by Crippen LogP contribution is 2.37. The summed E-state index contributed by atoms with van der Waals surface area (Å²) in [5.74, 6) is 0.814. The summed E-state index contributed by atoms with van der Waals surface area (Å²) in [6.45, 7) is 6.18. The van der Waals surface area contributed by atoms with Crippen LogP contribution in [0.1, 0.15) is 42.4 Å². The summed E-state index contributed by atoms with van der Waals surface area (Å²) >= 11 is 1.45. The smallest absolute Gasteiger partial charge is 0.240 e. The van der Waals surface area contributed by atoms with Gasteiger partial charge < -0.3 is 10.7 Å². The van der Waals surface area contributed by atoms with Crippen LogP contribution in [0.5, 0.6) is 0 Å². The van der Waals surface area contributed by atoms with Crippen LogP contribution in [0.2, 0.25) is 0 Å². The predicted molar refractivity (Wildman–Crippen MR) is 117 cm³/mol. The standard InChI is InChI=1S/C22H25N5OS/c1-4-15-10-12-16(13-11-15)19-20(21(28)23-17-9-7-6-8-14(17)3)29-22-25-24-18(5-2)27(22)26-19/h6-13,19-20,26H,4-5H2,1-3H3,(H,23,28)/t19-,20-/m0/s1. The number of amides is 1. The van der Waals surface area contributed by atoms with Gasteiger partial charge in [0, 0.05) is 12.1 Å². The summed E-state index contributed by atoms with van der Waals surface area (Å²) in [6.07, 6.45) is 1.75. The van der Waals surface area contributed by atoms with Gasteiger partial charge in [0.15, 0.2) is 5.82 Å². The SMILES string of the molecule is CCc1ccc([C@@H]2Nn3c(CC)nnc3S[C@@H]2C(=O)Nc2ccccc2C)cc1. The number of nitrogens with one attached hydrogen (secondary N) is 2. The molecule has 1 amide bonds. The Morgan fingerprint density at radius 2 is 1.86 bits per heavy atom. The summed E-state index contributed by atoms with van der Waals surface area (Å²) in [5, 5.41) is 12.0. The van der Waals surface area contributed by atoms with Crippen LogP contribution in [0, 0.1) is 6.92 Å². The van der Waals surface area contributed by atoms with E-state index in [9.17, 15) is 4.79 Å². The van der Waals surface area contributed by atoms with E-state index >= 15 is 0 Å². The fourth-order valence-corrected chi connectivity index (χ4v) is 4.55. The van der Waals surface area contributed by atoms with Crippen LogP contribution in [0.4, 0.5) is 5.69 Å². The number of carbonyl (C=O) groups excluding carboxylic acids is 1. The van der Waals surface area contributed by atoms with Gasteiger partial charge in [0.05, 0.1) is 6.04 Å². The third-order valence-electron chi connectivity index (χ3n) is 5.23. The molecule has 2 aromatic carbocycles. The molecule has 4 rings (SSSR count). The monoisotopic (exact) mass is 407 g/mol. The second-order valence-electron chi connectivity index (χ2n) is 7.13. The van der Waals surface area contributed by atoms with Crippen molar-refractivity contribution in [1.29, 1.82) is 0 Å². The van der Waals surface area contributed by atoms with Crippen molar-refractivity contribution in [3.63, 3.8) is 0 Å². The molecule has 2 N–H and O–H groups in total. The summed E-state index contributed by atoms with van der Waals surface area (Å²) in [5.41, 5.74) is 7.71. The molecule has 0 radical (unpaired) electrons. The van der Waals surface area contributed by atoms with Crippen molar-refractivity contribution in [1.82, 2.24) is 14.9 Å². The minimum absolute atomic E-state index is 0.0475. The molecule has 2 heterocycles. The highest BCUT2D eigenvalue weighted by molar-refractivity contribution is 8.00. The molecule has 7 heteroatoms. The Kier molecular flexibility index (Phi) is 5.58. The van der Waals surface area contributed by atoms with Crippen LogP contribution >= 0.6 is 11.8 Å². The number of fused-ring (bicyclic) bond motifs is 1. The van der Waals surface area contributed by atoms with Crippen molar-refractivity contribution in [2.75, 3.05) is 10.7 Å². The van der Waals surface area contributed by atoms with Gasteiger partial charge in [-0.2, -0.15) is 0 Å². The van der Waals surface area contributed by atoms with Crippen molar-refractivity contribution in [3.8, 4) is 0 Å². The second kappa shape index (κ2) is 8.29. The lowest BCUT2D eigenvalue weighted by atomic mass is 10.0. The molecule has 2 atom stereocenters. The average molecular weight is 408 g/mol. The number of aromatic nitrogens is 3. The summed E-state index contributed by atoms with van der Waals surface area (Å²) in [4.78, 5) is 13.3. The molecule has 0 aliphatic carbocycles. The van der Waals surface area contributed by atoms with Crippen molar-refractivity contribution in [3.05, 3.63) is 71.0 Å². The molecule has 0 spiro atoms. The van der Waals surface area contributed by atoms with E-state index < -0.39 is 0 Å². The highest BCUT2D eigenvalue weighted by Gasteiger charge is 2.37. The molecule has 6 nitrogen and oxygen atoms in total. The summed E-state index contributed by atoms with van der Waals surface area (Å²) < 4.78 is 1.92. The lowest BCUT2D eigenvalue weighted by molar-refractivity contribution is -0.116. The van der Waals surface area contributed by atoms with E-state index in [0.29, 0.717) is 5.16 Å². The first-order valence-corrected chi connectivity index (χ1v) is 10.8. The zero-order valence-corrected chi connectivity index (χ0v) is 17.7. The largest absolute Gasteiger partial charge is 0.325 e. The molecule has 0 unspecified atom stereocenters. The van der Waals surface area contributed by atoms with Crippen LogP contribution < -0.4 is 10.7 Å². The Balaban J connectivity index is 1.68. The van der Waals surface area contributed by atoms with Gasteiger partial charge in [-0.3, -0.25) is 4.79 Å². The molecular formula is C22H25N5OS. The molecule has 0 saturated heterocycles. The Labute approximate surface area is 175 Å². The van der Waals surface area contributed by atoms with Gasteiger partial charge in [-0.15, -0.1) is 10.2 Å². The first-order valence-electron chi connectivity index (χ1n) is 9.93. The fourth-order valence-electron chi connectivity index (χ4n) is 3.46. The number of para-hydroxylation sites is 1. The van der Waals surface area contributed by atoms with E-state index in [-0.39, 0.29) is 17.2 Å². The molecule has 29 heavy (non-hydrogen) atoms. The van der Waals surface area contributed by atoms with E-state index in [1.165, 1.54) is 17.3 Å². The summed E-state index contributed by atoms with van der Waals surface area (Å²) in [6, 6.07) is 16.1. The Hall–Kier alpha value is -2.80. The lowest BCUT2D eigenvalue weighted by Crippen LogP contribution is -2.41. The number of hydrogen-bond acceptors (Lipinski definition) is 5. The minimum Gasteiger partial charge on any atom is -0.325 e. The number of benzene rings is 2. The quantitative estimate of drug-likeness (QED) is 0.666. The van der Waals surface area contributed by atoms with Gasteiger partial charge in [0.2, 0.25) is 11.1 Å². The van der Waals surface area contributed by atoms with Crippen LogP contribution in [-0.4, -0.2) is 26.0 Å². The zero-order valence-electron chi connectivity index (χ0n) is 16.8. The number of carbonyl (C=O) groups is 1. The predicted octanol–water partition coefficient (Wildman–Crippen LogP) is 4.11. The molecule has 0 fully saturated rings. The Morgan fingerprint density at radius 1 is 1.10 bits per heavy atom. The van der Waals surface area contributed by atoms with Gasteiger partial charge >= 0.3 is 0 Å². The number of anilines is 1. The average Bonchev–Trinajstić information content (AvgIpc) is 3.16. The van der Waals surface area contributed by atoms with Crippen molar-refractivity contribution < 1.29 is 4.79 Å². The summed E-state index contributed by atoms with van der Waals surface area (Å²) in [7, 11) is 0. The van der Waals surface area contributed by atoms with E-state index in [0.717, 1.165) is 35.5 Å². The van der Waals surface area contributed by atoms with Gasteiger partial charge in [0.25, 0.3) is 0 Å². The van der Waals surface area contributed by atoms with Gasteiger partial charge in [-0.25, -0.2) is 4.68 Å². The number of hydrogen-bond donors (Lipinski definition) is 2. The van der Waals surface area contributed by atoms with Crippen LogP contribution in [0.25, 0.3) is 0 Å². The topological polar surface area (TPSA) is 71.8 Å². The maximum atomic E-state index is 13.3. The van der Waals surface area contributed by atoms with Crippen molar-refractivity contribution in [2.24, 2.45) is 0 Å². The molecule has 1 aliphatic heterocycles. The Morgan fingerprint density at radius 3 is 2.55 bits per heavy atom. The molecule has 1 aromatic heterocycles. The van der Waals surface area contributed by atoms with Gasteiger partial charge in [-0.1, -0.05) is 68.1 Å². The van der Waals surface area contributed by atoms with Gasteiger partial charge in [-0.05, 0) is 36.1 Å². The van der Waals surface area contributed by atoms with Crippen molar-refractivity contribution in [2.45, 2.75) is 50.1 Å². The molecule has 3 aromatic rings. The molecule has 0 bridgehead atoms. The van der Waals surface area contributed by atoms with Crippen LogP contribution in [-0.2, 0) is 17.6 Å². The lowest BCUT2D eigenvalue weighted by Gasteiger charge is -2.33. The number of nitrogens with zero attached hydrogens (tertiary/aromatic N) is 3. The third kappa shape index (κ3) is 3.87.